The van der Waals surface area contributed by atoms with E-state index >= 15 is 0 Å². The molecular weight excluding hydrogens is 264 g/mol. The number of amides is 1. The van der Waals surface area contributed by atoms with Crippen LogP contribution in [0.4, 0.5) is 0 Å². The molecule has 0 unspecified atom stereocenters. The number of halogens is 1. The van der Waals surface area contributed by atoms with Gasteiger partial charge >= 0.3 is 0 Å². The lowest BCUT2D eigenvalue weighted by atomic mass is 10.0. The predicted octanol–water partition coefficient (Wildman–Crippen LogP) is 1.57. The minimum atomic E-state index is 0. The number of piperazine rings is 1. The summed E-state index contributed by atoms with van der Waals surface area (Å²) < 4.78 is 5.38. The molecule has 5 heteroatoms. The number of nitrogens with zero attached hydrogens (tertiary/aromatic N) is 1. The van der Waals surface area contributed by atoms with Gasteiger partial charge in [-0.05, 0) is 30.2 Å². The topological polar surface area (TPSA) is 41.6 Å². The molecule has 1 aromatic carbocycles. The first-order chi connectivity index (χ1) is 8.75. The van der Waals surface area contributed by atoms with Crippen LogP contribution in [0.25, 0.3) is 0 Å². The van der Waals surface area contributed by atoms with Crippen LogP contribution < -0.4 is 5.32 Å². The Kier molecular flexibility index (Phi) is 4.45. The lowest BCUT2D eigenvalue weighted by molar-refractivity contribution is 0.0655. The molecule has 1 fully saturated rings. The van der Waals surface area contributed by atoms with Gasteiger partial charge in [-0.15, -0.1) is 12.4 Å². The second-order valence-corrected chi connectivity index (χ2v) is 5.03. The first-order valence-corrected chi connectivity index (χ1v) is 6.47. The van der Waals surface area contributed by atoms with Crippen LogP contribution in [0.5, 0.6) is 0 Å². The molecular formula is C14H19ClN2O2. The highest BCUT2D eigenvalue weighted by Gasteiger charge is 2.24. The van der Waals surface area contributed by atoms with Crippen LogP contribution in [0.15, 0.2) is 18.2 Å². The predicted molar refractivity (Wildman–Crippen MR) is 75.6 cm³/mol. The van der Waals surface area contributed by atoms with Crippen molar-refractivity contribution in [3.05, 3.63) is 34.9 Å². The molecule has 1 atom stereocenters. The van der Waals surface area contributed by atoms with E-state index in [1.165, 1.54) is 5.56 Å². The molecule has 2 heterocycles. The second-order valence-electron chi connectivity index (χ2n) is 5.03. The molecule has 19 heavy (non-hydrogen) atoms. The smallest absolute Gasteiger partial charge is 0.254 e. The Morgan fingerprint density at radius 1 is 1.37 bits per heavy atom. The van der Waals surface area contributed by atoms with E-state index in [1.807, 2.05) is 23.1 Å². The van der Waals surface area contributed by atoms with Gasteiger partial charge in [0.05, 0.1) is 13.2 Å². The summed E-state index contributed by atoms with van der Waals surface area (Å²) in [5, 5.41) is 3.30. The van der Waals surface area contributed by atoms with Gasteiger partial charge in [-0.3, -0.25) is 4.79 Å². The first kappa shape index (κ1) is 14.3. The molecule has 0 spiro atoms. The minimum Gasteiger partial charge on any atom is -0.372 e. The van der Waals surface area contributed by atoms with Gasteiger partial charge < -0.3 is 15.0 Å². The van der Waals surface area contributed by atoms with Crippen molar-refractivity contribution in [1.29, 1.82) is 0 Å². The number of carbonyl (C=O) groups is 1. The van der Waals surface area contributed by atoms with Crippen LogP contribution in [0, 0.1) is 0 Å². The molecule has 104 valence electrons. The average molecular weight is 283 g/mol. The van der Waals surface area contributed by atoms with Gasteiger partial charge in [0.2, 0.25) is 0 Å². The summed E-state index contributed by atoms with van der Waals surface area (Å²) in [6.07, 6.45) is 0. The van der Waals surface area contributed by atoms with Gasteiger partial charge in [0, 0.05) is 31.2 Å². The van der Waals surface area contributed by atoms with E-state index < -0.39 is 0 Å². The van der Waals surface area contributed by atoms with E-state index in [-0.39, 0.29) is 24.4 Å². The fourth-order valence-corrected chi connectivity index (χ4v) is 2.61. The van der Waals surface area contributed by atoms with E-state index in [2.05, 4.69) is 12.2 Å². The molecule has 1 N–H and O–H groups in total. The fourth-order valence-electron chi connectivity index (χ4n) is 2.61. The third-order valence-corrected chi connectivity index (χ3v) is 3.73. The molecule has 2 aliphatic heterocycles. The number of nitrogens with one attached hydrogen (secondary N) is 1. The number of hydrogen-bond donors (Lipinski definition) is 1. The van der Waals surface area contributed by atoms with E-state index in [9.17, 15) is 4.79 Å². The molecule has 0 saturated carbocycles. The molecule has 4 nitrogen and oxygen atoms in total. The standard InChI is InChI=1S/C14H18N2O2.ClH/c1-10-7-15-4-5-16(10)14(17)11-2-3-12-8-18-9-13(12)6-11;/h2-3,6,10,15H,4-5,7-9H2,1H3;1H/t10-;/m0./s1. The summed E-state index contributed by atoms with van der Waals surface area (Å²) in [5.74, 6) is 0.138. The van der Waals surface area contributed by atoms with Gasteiger partial charge in [0.1, 0.15) is 0 Å². The van der Waals surface area contributed by atoms with Crippen molar-refractivity contribution in [2.75, 3.05) is 19.6 Å². The Balaban J connectivity index is 0.00000133. The Bertz CT molecular complexity index is 479. The molecule has 0 radical (unpaired) electrons. The zero-order valence-electron chi connectivity index (χ0n) is 11.0. The lowest BCUT2D eigenvalue weighted by Crippen LogP contribution is -2.52. The summed E-state index contributed by atoms with van der Waals surface area (Å²) in [5.41, 5.74) is 3.15. The van der Waals surface area contributed by atoms with E-state index in [1.54, 1.807) is 0 Å². The maximum absolute atomic E-state index is 12.5. The SMILES string of the molecule is C[C@H]1CNCCN1C(=O)c1ccc2c(c1)COC2.Cl. The van der Waals surface area contributed by atoms with Gasteiger partial charge in [0.15, 0.2) is 0 Å². The number of fused-ring (bicyclic) bond motifs is 1. The average Bonchev–Trinajstić information content (AvgIpc) is 2.85. The molecule has 1 aromatic rings. The molecule has 2 aliphatic rings. The summed E-state index contributed by atoms with van der Waals surface area (Å²) >= 11 is 0. The molecule has 1 saturated heterocycles. The van der Waals surface area contributed by atoms with E-state index in [0.717, 1.165) is 30.8 Å². The second kappa shape index (κ2) is 5.90. The molecule has 0 aliphatic carbocycles. The van der Waals surface area contributed by atoms with Crippen molar-refractivity contribution in [2.45, 2.75) is 26.2 Å². The monoisotopic (exact) mass is 282 g/mol. The van der Waals surface area contributed by atoms with Crippen LogP contribution in [0.2, 0.25) is 0 Å². The minimum absolute atomic E-state index is 0. The Hall–Kier alpha value is -1.10. The normalized spacial score (nSPS) is 21.7. The highest BCUT2D eigenvalue weighted by Crippen LogP contribution is 2.22. The van der Waals surface area contributed by atoms with Crippen molar-refractivity contribution in [3.8, 4) is 0 Å². The van der Waals surface area contributed by atoms with Crippen molar-refractivity contribution in [2.24, 2.45) is 0 Å². The largest absolute Gasteiger partial charge is 0.372 e. The van der Waals surface area contributed by atoms with Crippen LogP contribution in [-0.2, 0) is 18.0 Å². The van der Waals surface area contributed by atoms with Crippen molar-refractivity contribution < 1.29 is 9.53 Å². The van der Waals surface area contributed by atoms with Crippen molar-refractivity contribution in [3.63, 3.8) is 0 Å². The Morgan fingerprint density at radius 3 is 2.95 bits per heavy atom. The quantitative estimate of drug-likeness (QED) is 0.850. The molecule has 3 rings (SSSR count). The van der Waals surface area contributed by atoms with Crippen molar-refractivity contribution >= 4 is 18.3 Å². The first-order valence-electron chi connectivity index (χ1n) is 6.47. The van der Waals surface area contributed by atoms with Gasteiger partial charge in [0.25, 0.3) is 5.91 Å². The molecule has 0 aromatic heterocycles. The van der Waals surface area contributed by atoms with Crippen LogP contribution >= 0.6 is 12.4 Å². The van der Waals surface area contributed by atoms with E-state index in [4.69, 9.17) is 4.74 Å². The maximum atomic E-state index is 12.5. The van der Waals surface area contributed by atoms with Gasteiger partial charge in [-0.25, -0.2) is 0 Å². The van der Waals surface area contributed by atoms with Gasteiger partial charge in [-0.1, -0.05) is 6.07 Å². The van der Waals surface area contributed by atoms with E-state index in [0.29, 0.717) is 13.2 Å². The summed E-state index contributed by atoms with van der Waals surface area (Å²) in [6.45, 7) is 5.93. The summed E-state index contributed by atoms with van der Waals surface area (Å²) in [4.78, 5) is 14.4. The van der Waals surface area contributed by atoms with Crippen molar-refractivity contribution in [1.82, 2.24) is 10.2 Å². The van der Waals surface area contributed by atoms with Crippen LogP contribution in [-0.4, -0.2) is 36.5 Å². The highest BCUT2D eigenvalue weighted by molar-refractivity contribution is 5.94. The number of rotatable bonds is 1. The number of hydrogen-bond acceptors (Lipinski definition) is 3. The van der Waals surface area contributed by atoms with Gasteiger partial charge in [-0.2, -0.15) is 0 Å². The van der Waals surface area contributed by atoms with Crippen LogP contribution in [0.3, 0.4) is 0 Å². The zero-order chi connectivity index (χ0) is 12.5. The third-order valence-electron chi connectivity index (χ3n) is 3.73. The Morgan fingerprint density at radius 2 is 2.16 bits per heavy atom. The number of carbonyl (C=O) groups excluding carboxylic acids is 1. The Labute approximate surface area is 119 Å². The zero-order valence-corrected chi connectivity index (χ0v) is 11.8. The summed E-state index contributed by atoms with van der Waals surface area (Å²) in [6, 6.07) is 6.18. The molecule has 0 bridgehead atoms. The fraction of sp³-hybridized carbons (Fsp3) is 0.500. The summed E-state index contributed by atoms with van der Waals surface area (Å²) in [7, 11) is 0. The molecule has 1 amide bonds. The maximum Gasteiger partial charge on any atom is 0.254 e. The number of ether oxygens (including phenoxy) is 1. The van der Waals surface area contributed by atoms with Crippen LogP contribution in [0.1, 0.15) is 28.4 Å². The third kappa shape index (κ3) is 2.76. The lowest BCUT2D eigenvalue weighted by Gasteiger charge is -2.34. The highest BCUT2D eigenvalue weighted by atomic mass is 35.5. The number of benzene rings is 1.